The van der Waals surface area contributed by atoms with Gasteiger partial charge >= 0.3 is 0 Å². The minimum Gasteiger partial charge on any atom is -0.321 e. The number of hydrogen-bond donors (Lipinski definition) is 1. The molecule has 2 amide bonds. The molecule has 0 aromatic heterocycles. The summed E-state index contributed by atoms with van der Waals surface area (Å²) in [6, 6.07) is 14.5. The Bertz CT molecular complexity index is 842. The van der Waals surface area contributed by atoms with E-state index >= 15 is 0 Å². The van der Waals surface area contributed by atoms with Crippen molar-refractivity contribution in [2.75, 3.05) is 10.3 Å². The predicted octanol–water partition coefficient (Wildman–Crippen LogP) is 4.58. The molecule has 1 aliphatic heterocycles. The topological polar surface area (TPSA) is 61.8 Å². The second-order valence-corrected chi connectivity index (χ2v) is 6.90. The van der Waals surface area contributed by atoms with Crippen LogP contribution in [0.3, 0.4) is 0 Å². The lowest BCUT2D eigenvalue weighted by molar-refractivity contribution is -0.118. The lowest BCUT2D eigenvalue weighted by Crippen LogP contribution is -2.36. The average molecular weight is 370 g/mol. The highest BCUT2D eigenvalue weighted by Gasteiger charge is 2.25. The van der Waals surface area contributed by atoms with Gasteiger partial charge in [-0.2, -0.15) is 5.10 Å². The number of halogens is 1. The molecule has 0 saturated carbocycles. The van der Waals surface area contributed by atoms with E-state index in [2.05, 4.69) is 24.3 Å². The van der Waals surface area contributed by atoms with Gasteiger partial charge in [0, 0.05) is 23.6 Å². The Morgan fingerprint density at radius 2 is 1.73 bits per heavy atom. The first-order valence-corrected chi connectivity index (χ1v) is 8.89. The average Bonchev–Trinajstić information content (AvgIpc) is 2.63. The van der Waals surface area contributed by atoms with Crippen LogP contribution in [0.1, 0.15) is 38.2 Å². The van der Waals surface area contributed by atoms with E-state index < -0.39 is 0 Å². The zero-order valence-corrected chi connectivity index (χ0v) is 15.5. The Morgan fingerprint density at radius 3 is 2.35 bits per heavy atom. The molecule has 0 unspecified atom stereocenters. The van der Waals surface area contributed by atoms with E-state index in [0.29, 0.717) is 34.4 Å². The van der Waals surface area contributed by atoms with Crippen molar-refractivity contribution >= 4 is 40.5 Å². The Balaban J connectivity index is 1.76. The second kappa shape index (κ2) is 7.70. The van der Waals surface area contributed by atoms with Crippen molar-refractivity contribution < 1.29 is 9.59 Å². The van der Waals surface area contributed by atoms with E-state index in [9.17, 15) is 9.59 Å². The van der Waals surface area contributed by atoms with Crippen molar-refractivity contribution in [3.63, 3.8) is 0 Å². The molecule has 6 heteroatoms. The molecule has 0 aliphatic carbocycles. The van der Waals surface area contributed by atoms with Crippen LogP contribution in [-0.2, 0) is 9.59 Å². The number of hydrogen-bond acceptors (Lipinski definition) is 3. The van der Waals surface area contributed by atoms with Crippen LogP contribution in [0.4, 0.5) is 11.4 Å². The SMILES string of the molecule is CC(C)c1ccc(NC(=O)C2=NN(c3ccc(Cl)cc3)C(=O)CC2)cc1. The summed E-state index contributed by atoms with van der Waals surface area (Å²) in [5.74, 6) is -0.0136. The third-order valence-corrected chi connectivity index (χ3v) is 4.45. The summed E-state index contributed by atoms with van der Waals surface area (Å²) >= 11 is 5.88. The van der Waals surface area contributed by atoms with Crippen LogP contribution >= 0.6 is 11.6 Å². The van der Waals surface area contributed by atoms with Crippen molar-refractivity contribution in [1.29, 1.82) is 0 Å². The van der Waals surface area contributed by atoms with Crippen LogP contribution in [0.25, 0.3) is 0 Å². The maximum Gasteiger partial charge on any atom is 0.271 e. The molecule has 5 nitrogen and oxygen atoms in total. The van der Waals surface area contributed by atoms with Crippen LogP contribution in [0.15, 0.2) is 53.6 Å². The van der Waals surface area contributed by atoms with Gasteiger partial charge in [-0.15, -0.1) is 0 Å². The van der Waals surface area contributed by atoms with Gasteiger partial charge in [-0.05, 0) is 47.9 Å². The summed E-state index contributed by atoms with van der Waals surface area (Å²) in [6.45, 7) is 4.24. The minimum atomic E-state index is -0.297. The van der Waals surface area contributed by atoms with Crippen molar-refractivity contribution in [2.24, 2.45) is 5.10 Å². The lowest BCUT2D eigenvalue weighted by Gasteiger charge is -2.23. The largest absolute Gasteiger partial charge is 0.321 e. The number of nitrogens with one attached hydrogen (secondary N) is 1. The fourth-order valence-corrected chi connectivity index (χ4v) is 2.78. The van der Waals surface area contributed by atoms with Crippen molar-refractivity contribution in [1.82, 2.24) is 0 Å². The normalized spacial score (nSPS) is 14.4. The van der Waals surface area contributed by atoms with Crippen molar-refractivity contribution in [3.05, 3.63) is 59.1 Å². The van der Waals surface area contributed by atoms with Gasteiger partial charge in [0.15, 0.2) is 0 Å². The molecule has 0 saturated heterocycles. The summed E-state index contributed by atoms with van der Waals surface area (Å²) in [5, 5.41) is 8.93. The van der Waals surface area contributed by atoms with E-state index in [4.69, 9.17) is 11.6 Å². The molecule has 0 atom stereocenters. The molecule has 1 N–H and O–H groups in total. The Hall–Kier alpha value is -2.66. The van der Waals surface area contributed by atoms with E-state index in [0.717, 1.165) is 0 Å². The van der Waals surface area contributed by atoms with Crippen LogP contribution in [0, 0.1) is 0 Å². The standard InChI is InChI=1S/C20H20ClN3O2/c1-13(2)14-3-7-16(8-4-14)22-20(26)18-11-12-19(25)24(23-18)17-9-5-15(21)6-10-17/h3-10,13H,11-12H2,1-2H3,(H,22,26). The van der Waals surface area contributed by atoms with E-state index in [1.165, 1.54) is 10.6 Å². The third kappa shape index (κ3) is 4.11. The lowest BCUT2D eigenvalue weighted by atomic mass is 10.0. The number of amides is 2. The van der Waals surface area contributed by atoms with Gasteiger partial charge in [0.1, 0.15) is 5.71 Å². The second-order valence-electron chi connectivity index (χ2n) is 6.46. The van der Waals surface area contributed by atoms with Crippen LogP contribution in [-0.4, -0.2) is 17.5 Å². The Kier molecular flexibility index (Phi) is 5.38. The molecule has 0 fully saturated rings. The predicted molar refractivity (Wildman–Crippen MR) is 105 cm³/mol. The summed E-state index contributed by atoms with van der Waals surface area (Å²) in [6.07, 6.45) is 0.556. The van der Waals surface area contributed by atoms with E-state index in [1.807, 2.05) is 24.3 Å². The number of anilines is 2. The summed E-state index contributed by atoms with van der Waals surface area (Å²) < 4.78 is 0. The molecular weight excluding hydrogens is 350 g/mol. The van der Waals surface area contributed by atoms with E-state index in [-0.39, 0.29) is 18.2 Å². The van der Waals surface area contributed by atoms with Crippen molar-refractivity contribution in [2.45, 2.75) is 32.6 Å². The molecule has 0 radical (unpaired) electrons. The number of benzene rings is 2. The number of carbonyl (C=O) groups excluding carboxylic acids is 2. The Labute approximate surface area is 157 Å². The first kappa shape index (κ1) is 18.1. The number of rotatable bonds is 4. The smallest absolute Gasteiger partial charge is 0.271 e. The highest BCUT2D eigenvalue weighted by atomic mass is 35.5. The van der Waals surface area contributed by atoms with Crippen LogP contribution in [0.2, 0.25) is 5.02 Å². The number of hydrazone groups is 1. The van der Waals surface area contributed by atoms with Gasteiger partial charge in [-0.3, -0.25) is 9.59 Å². The quantitative estimate of drug-likeness (QED) is 0.857. The molecule has 3 rings (SSSR count). The molecule has 1 aliphatic rings. The van der Waals surface area contributed by atoms with Crippen LogP contribution in [0.5, 0.6) is 0 Å². The number of carbonyl (C=O) groups is 2. The zero-order chi connectivity index (χ0) is 18.7. The minimum absolute atomic E-state index is 0.148. The van der Waals surface area contributed by atoms with Crippen molar-refractivity contribution in [3.8, 4) is 0 Å². The summed E-state index contributed by atoms with van der Waals surface area (Å²) in [7, 11) is 0. The molecular formula is C20H20ClN3O2. The van der Waals surface area contributed by atoms with Gasteiger partial charge in [0.2, 0.25) is 5.91 Å². The summed E-state index contributed by atoms with van der Waals surface area (Å²) in [5.41, 5.74) is 2.83. The molecule has 2 aromatic rings. The molecule has 134 valence electrons. The fraction of sp³-hybridized carbons (Fsp3) is 0.250. The van der Waals surface area contributed by atoms with Gasteiger partial charge in [0.05, 0.1) is 5.69 Å². The maximum absolute atomic E-state index is 12.5. The zero-order valence-electron chi connectivity index (χ0n) is 14.7. The molecule has 2 aromatic carbocycles. The van der Waals surface area contributed by atoms with Gasteiger partial charge < -0.3 is 5.32 Å². The Morgan fingerprint density at radius 1 is 1.08 bits per heavy atom. The highest BCUT2D eigenvalue weighted by Crippen LogP contribution is 2.23. The maximum atomic E-state index is 12.5. The number of nitrogens with zero attached hydrogens (tertiary/aromatic N) is 2. The molecule has 26 heavy (non-hydrogen) atoms. The van der Waals surface area contributed by atoms with Crippen LogP contribution < -0.4 is 10.3 Å². The van der Waals surface area contributed by atoms with E-state index in [1.54, 1.807) is 24.3 Å². The first-order chi connectivity index (χ1) is 12.4. The van der Waals surface area contributed by atoms with Gasteiger partial charge in [-0.25, -0.2) is 5.01 Å². The first-order valence-electron chi connectivity index (χ1n) is 8.51. The highest BCUT2D eigenvalue weighted by molar-refractivity contribution is 6.44. The van der Waals surface area contributed by atoms with Gasteiger partial charge in [-0.1, -0.05) is 37.6 Å². The molecule has 0 bridgehead atoms. The summed E-state index contributed by atoms with van der Waals surface area (Å²) in [4.78, 5) is 24.7. The molecule has 0 spiro atoms. The van der Waals surface area contributed by atoms with Gasteiger partial charge in [0.25, 0.3) is 5.91 Å². The fourth-order valence-electron chi connectivity index (χ4n) is 2.66. The molecule has 1 heterocycles. The monoisotopic (exact) mass is 369 g/mol. The third-order valence-electron chi connectivity index (χ3n) is 4.20.